The highest BCUT2D eigenvalue weighted by Crippen LogP contribution is 2.28. The van der Waals surface area contributed by atoms with Gasteiger partial charge in [0.25, 0.3) is 5.91 Å². The van der Waals surface area contributed by atoms with Gasteiger partial charge < -0.3 is 10.1 Å². The van der Waals surface area contributed by atoms with E-state index in [4.69, 9.17) is 4.74 Å². The van der Waals surface area contributed by atoms with Gasteiger partial charge >= 0.3 is 0 Å². The maximum atomic E-state index is 13.1. The Hall–Kier alpha value is -3.18. The maximum absolute atomic E-state index is 13.1. The fourth-order valence-corrected chi connectivity index (χ4v) is 3.88. The molecule has 1 heterocycles. The van der Waals surface area contributed by atoms with Crippen molar-refractivity contribution >= 4 is 33.7 Å². The van der Waals surface area contributed by atoms with Crippen molar-refractivity contribution in [1.29, 1.82) is 0 Å². The molecular weight excluding hydrogens is 380 g/mol. The summed E-state index contributed by atoms with van der Waals surface area (Å²) in [4.78, 5) is 17.6. The van der Waals surface area contributed by atoms with Crippen molar-refractivity contribution in [3.8, 4) is 5.75 Å². The third-order valence-corrected chi connectivity index (χ3v) is 5.81. The number of amides is 1. The zero-order chi connectivity index (χ0) is 20.2. The number of anilines is 1. The quantitative estimate of drug-likeness (QED) is 0.430. The molecule has 0 bridgehead atoms. The Morgan fingerprint density at radius 1 is 1.07 bits per heavy atom. The van der Waals surface area contributed by atoms with Crippen LogP contribution in [0.5, 0.6) is 5.75 Å². The largest absolute Gasteiger partial charge is 0.486 e. The number of aryl methyl sites for hydroxylation is 2. The van der Waals surface area contributed by atoms with E-state index in [2.05, 4.69) is 17.2 Å². The Kier molecular flexibility index (Phi) is 5.58. The van der Waals surface area contributed by atoms with Gasteiger partial charge in [-0.3, -0.25) is 4.79 Å². The number of nitrogens with one attached hydrogen (secondary N) is 1. The van der Waals surface area contributed by atoms with Crippen molar-refractivity contribution in [1.82, 2.24) is 4.98 Å². The van der Waals surface area contributed by atoms with Gasteiger partial charge in [-0.25, -0.2) is 4.98 Å². The van der Waals surface area contributed by atoms with E-state index in [1.54, 1.807) is 11.3 Å². The highest BCUT2D eigenvalue weighted by molar-refractivity contribution is 7.09. The summed E-state index contributed by atoms with van der Waals surface area (Å²) in [6, 6.07) is 19.5. The Balaban J connectivity index is 1.65. The van der Waals surface area contributed by atoms with Crippen LogP contribution in [-0.4, -0.2) is 10.9 Å². The van der Waals surface area contributed by atoms with Gasteiger partial charge in [-0.1, -0.05) is 49.4 Å². The summed E-state index contributed by atoms with van der Waals surface area (Å²) in [7, 11) is 0. The van der Waals surface area contributed by atoms with Crippen molar-refractivity contribution < 1.29 is 9.53 Å². The number of hydrogen-bond acceptors (Lipinski definition) is 4. The molecule has 4 rings (SSSR count). The molecular formula is C24H22N2O2S. The molecule has 4 nitrogen and oxygen atoms in total. The van der Waals surface area contributed by atoms with Crippen LogP contribution in [0.3, 0.4) is 0 Å². The van der Waals surface area contributed by atoms with Crippen LogP contribution in [0, 0.1) is 6.92 Å². The number of aromatic nitrogens is 1. The van der Waals surface area contributed by atoms with Gasteiger partial charge in [-0.2, -0.15) is 0 Å². The number of fused-ring (bicyclic) bond motifs is 1. The van der Waals surface area contributed by atoms with E-state index in [1.165, 1.54) is 0 Å². The predicted octanol–water partition coefficient (Wildman–Crippen LogP) is 6.00. The molecule has 5 heteroatoms. The topological polar surface area (TPSA) is 51.2 Å². The molecule has 1 aromatic heterocycles. The summed E-state index contributed by atoms with van der Waals surface area (Å²) in [6.45, 7) is 4.39. The second-order valence-corrected chi connectivity index (χ2v) is 7.78. The van der Waals surface area contributed by atoms with Crippen LogP contribution in [0.25, 0.3) is 10.8 Å². The lowest BCUT2D eigenvalue weighted by Crippen LogP contribution is -2.14. The Labute approximate surface area is 174 Å². The van der Waals surface area contributed by atoms with E-state index in [0.717, 1.165) is 39.1 Å². The number of carbonyl (C=O) groups excluding carboxylic acids is 1. The summed E-state index contributed by atoms with van der Waals surface area (Å²) in [6.07, 6.45) is 0.907. The minimum atomic E-state index is -0.187. The Morgan fingerprint density at radius 3 is 2.52 bits per heavy atom. The summed E-state index contributed by atoms with van der Waals surface area (Å²) in [5.74, 6) is 0.369. The molecule has 0 atom stereocenters. The average Bonchev–Trinajstić information content (AvgIpc) is 3.21. The van der Waals surface area contributed by atoms with Crippen molar-refractivity contribution in [3.05, 3.63) is 87.9 Å². The van der Waals surface area contributed by atoms with Crippen molar-refractivity contribution in [3.63, 3.8) is 0 Å². The first-order valence-corrected chi connectivity index (χ1v) is 10.5. The zero-order valence-corrected chi connectivity index (χ0v) is 17.3. The van der Waals surface area contributed by atoms with Crippen LogP contribution >= 0.6 is 11.3 Å². The molecule has 0 saturated carbocycles. The predicted molar refractivity (Wildman–Crippen MR) is 119 cm³/mol. The monoisotopic (exact) mass is 402 g/mol. The number of rotatable bonds is 6. The summed E-state index contributed by atoms with van der Waals surface area (Å²) < 4.78 is 6.06. The molecule has 146 valence electrons. The van der Waals surface area contributed by atoms with E-state index < -0.39 is 0 Å². The van der Waals surface area contributed by atoms with Crippen molar-refractivity contribution in [2.45, 2.75) is 26.9 Å². The molecule has 4 aromatic rings. The maximum Gasteiger partial charge on any atom is 0.259 e. The summed E-state index contributed by atoms with van der Waals surface area (Å²) >= 11 is 1.63. The van der Waals surface area contributed by atoms with E-state index >= 15 is 0 Å². The molecule has 1 amide bonds. The van der Waals surface area contributed by atoms with Crippen LogP contribution in [0.4, 0.5) is 5.69 Å². The molecule has 0 unspecified atom stereocenters. The second kappa shape index (κ2) is 8.45. The molecule has 0 aliphatic carbocycles. The lowest BCUT2D eigenvalue weighted by molar-refractivity contribution is 0.102. The number of ether oxygens (including phenoxy) is 1. The van der Waals surface area contributed by atoms with Gasteiger partial charge in [0.1, 0.15) is 12.4 Å². The number of nitrogens with zero attached hydrogens (tertiary/aromatic N) is 1. The number of benzene rings is 3. The molecule has 0 aliphatic rings. The summed E-state index contributed by atoms with van der Waals surface area (Å²) in [5, 5.41) is 8.13. The first-order valence-electron chi connectivity index (χ1n) is 9.60. The first-order chi connectivity index (χ1) is 14.1. The molecule has 0 saturated heterocycles. The minimum absolute atomic E-state index is 0.187. The lowest BCUT2D eigenvalue weighted by atomic mass is 10.0. The van der Waals surface area contributed by atoms with Crippen LogP contribution in [0.1, 0.15) is 33.5 Å². The van der Waals surface area contributed by atoms with Crippen LogP contribution in [0.15, 0.2) is 66.0 Å². The fraction of sp³-hybridized carbons (Fsp3) is 0.167. The van der Waals surface area contributed by atoms with E-state index in [-0.39, 0.29) is 5.91 Å². The molecule has 0 radical (unpaired) electrons. The molecule has 0 aliphatic heterocycles. The number of para-hydroxylation sites is 1. The molecule has 3 aromatic carbocycles. The molecule has 0 spiro atoms. The first kappa shape index (κ1) is 19.2. The lowest BCUT2D eigenvalue weighted by Gasteiger charge is -2.14. The third-order valence-electron chi connectivity index (χ3n) is 4.76. The van der Waals surface area contributed by atoms with Crippen molar-refractivity contribution in [2.24, 2.45) is 0 Å². The zero-order valence-electron chi connectivity index (χ0n) is 16.4. The molecule has 29 heavy (non-hydrogen) atoms. The van der Waals surface area contributed by atoms with Gasteiger partial charge in [0.2, 0.25) is 0 Å². The fourth-order valence-electron chi connectivity index (χ4n) is 3.15. The van der Waals surface area contributed by atoms with Crippen molar-refractivity contribution in [2.75, 3.05) is 5.32 Å². The third kappa shape index (κ3) is 4.30. The normalized spacial score (nSPS) is 10.8. The average molecular weight is 403 g/mol. The molecule has 0 fully saturated rings. The van der Waals surface area contributed by atoms with Gasteiger partial charge in [0.05, 0.1) is 16.3 Å². The number of thiazole rings is 1. The smallest absolute Gasteiger partial charge is 0.259 e. The minimum Gasteiger partial charge on any atom is -0.486 e. The Morgan fingerprint density at radius 2 is 1.79 bits per heavy atom. The van der Waals surface area contributed by atoms with Crippen LogP contribution < -0.4 is 10.1 Å². The highest BCUT2D eigenvalue weighted by atomic mass is 32.1. The second-order valence-electron chi connectivity index (χ2n) is 6.84. The number of hydrogen-bond donors (Lipinski definition) is 1. The SMILES string of the molecule is CCc1nc(COc2cc3ccccc3cc2C(=O)Nc2ccccc2C)cs1. The van der Waals surface area contributed by atoms with Gasteiger partial charge in [0, 0.05) is 11.1 Å². The van der Waals surface area contributed by atoms with Gasteiger partial charge in [-0.05, 0) is 47.9 Å². The van der Waals surface area contributed by atoms with Gasteiger partial charge in [-0.15, -0.1) is 11.3 Å². The number of carbonyl (C=O) groups is 1. The van der Waals surface area contributed by atoms with E-state index in [9.17, 15) is 4.79 Å². The standard InChI is InChI=1S/C24H22N2O2S/c1-3-23-25-19(15-29-23)14-28-22-13-18-10-6-5-9-17(18)12-20(22)24(27)26-21-11-7-4-8-16(21)2/h4-13,15H,3,14H2,1-2H3,(H,26,27). The van der Waals surface area contributed by atoms with Crippen LogP contribution in [0.2, 0.25) is 0 Å². The highest BCUT2D eigenvalue weighted by Gasteiger charge is 2.16. The van der Waals surface area contributed by atoms with Crippen LogP contribution in [-0.2, 0) is 13.0 Å². The molecule has 1 N–H and O–H groups in total. The van der Waals surface area contributed by atoms with Gasteiger partial charge in [0.15, 0.2) is 0 Å². The van der Waals surface area contributed by atoms with E-state index in [1.807, 2.05) is 73.0 Å². The Bertz CT molecular complexity index is 1170. The summed E-state index contributed by atoms with van der Waals surface area (Å²) in [5.41, 5.74) is 3.20. The van der Waals surface area contributed by atoms with E-state index in [0.29, 0.717) is 17.9 Å².